The molecule has 0 radical (unpaired) electrons. The number of benzene rings is 1. The number of alkyl halides is 3. The summed E-state index contributed by atoms with van der Waals surface area (Å²) in [5, 5.41) is 3.43. The number of ether oxygens (including phenoxy) is 1. The maximum atomic E-state index is 13.2. The number of nitrogens with zero attached hydrogens (tertiary/aromatic N) is 5. The van der Waals surface area contributed by atoms with Crippen molar-refractivity contribution in [3.05, 3.63) is 50.1 Å². The maximum Gasteiger partial charge on any atom is 0.490 e. The fourth-order valence-corrected chi connectivity index (χ4v) is 3.78. The number of esters is 1. The van der Waals surface area contributed by atoms with Crippen molar-refractivity contribution in [3.8, 4) is 5.69 Å². The highest BCUT2D eigenvalue weighted by Gasteiger charge is 2.41. The van der Waals surface area contributed by atoms with Crippen LogP contribution in [0.2, 0.25) is 5.02 Å². The summed E-state index contributed by atoms with van der Waals surface area (Å²) < 4.78 is 43.4. The summed E-state index contributed by atoms with van der Waals surface area (Å²) in [6, 6.07) is 6.55. The Morgan fingerprint density at radius 2 is 1.83 bits per heavy atom. The number of fused-ring (bicyclic) bond motifs is 1. The van der Waals surface area contributed by atoms with Crippen LogP contribution in [0.1, 0.15) is 0 Å². The molecule has 1 aromatic carbocycles. The molecule has 1 fully saturated rings. The van der Waals surface area contributed by atoms with E-state index >= 15 is 0 Å². The molecule has 1 aliphatic rings. The van der Waals surface area contributed by atoms with Gasteiger partial charge in [-0.15, -0.1) is 0 Å². The second kappa shape index (κ2) is 9.66. The lowest BCUT2D eigenvalue weighted by atomic mass is 10.3. The van der Waals surface area contributed by atoms with Crippen molar-refractivity contribution in [3.63, 3.8) is 0 Å². The van der Waals surface area contributed by atoms with Gasteiger partial charge in [-0.25, -0.2) is 14.4 Å². The molecule has 12 nitrogen and oxygen atoms in total. The first-order valence-electron chi connectivity index (χ1n) is 10.4. The van der Waals surface area contributed by atoms with Crippen LogP contribution in [0.25, 0.3) is 16.9 Å². The van der Waals surface area contributed by atoms with Gasteiger partial charge in [-0.3, -0.25) is 13.9 Å². The number of piperazine rings is 1. The monoisotopic (exact) mass is 530 g/mol. The minimum atomic E-state index is -5.33. The minimum Gasteiger partial charge on any atom is -0.447 e. The largest absolute Gasteiger partial charge is 0.490 e. The molecule has 1 saturated heterocycles. The van der Waals surface area contributed by atoms with Crippen molar-refractivity contribution in [2.75, 3.05) is 37.7 Å². The van der Waals surface area contributed by atoms with Crippen molar-refractivity contribution in [2.24, 2.45) is 7.05 Å². The first-order chi connectivity index (χ1) is 17.0. The number of nitrogens with one attached hydrogen (secondary N) is 1. The Hall–Kier alpha value is -3.85. The van der Waals surface area contributed by atoms with Gasteiger partial charge in [0.1, 0.15) is 0 Å². The van der Waals surface area contributed by atoms with Crippen LogP contribution in [-0.4, -0.2) is 69.7 Å². The van der Waals surface area contributed by atoms with Crippen LogP contribution in [0.15, 0.2) is 33.9 Å². The van der Waals surface area contributed by atoms with Crippen molar-refractivity contribution in [1.82, 2.24) is 24.2 Å². The number of hydrogen-bond acceptors (Lipinski definition) is 9. The lowest BCUT2D eigenvalue weighted by molar-refractivity contribution is -0.201. The quantitative estimate of drug-likeness (QED) is 0.453. The van der Waals surface area contributed by atoms with E-state index in [9.17, 15) is 32.3 Å². The highest BCUT2D eigenvalue weighted by molar-refractivity contribution is 6.32. The summed E-state index contributed by atoms with van der Waals surface area (Å²) in [6.07, 6.45) is -5.33. The van der Waals surface area contributed by atoms with Gasteiger partial charge in [0.05, 0.1) is 10.7 Å². The third-order valence-corrected chi connectivity index (χ3v) is 5.56. The molecule has 0 aliphatic carbocycles. The zero-order chi connectivity index (χ0) is 26.2. The molecule has 3 heterocycles. The molecule has 0 spiro atoms. The highest BCUT2D eigenvalue weighted by atomic mass is 35.5. The van der Waals surface area contributed by atoms with Gasteiger partial charge >= 0.3 is 23.8 Å². The normalized spacial score (nSPS) is 14.2. The average Bonchev–Trinajstić information content (AvgIpc) is 3.24. The third-order valence-electron chi connectivity index (χ3n) is 5.24. The molecule has 36 heavy (non-hydrogen) atoms. The van der Waals surface area contributed by atoms with Crippen molar-refractivity contribution in [1.29, 1.82) is 0 Å². The van der Waals surface area contributed by atoms with Gasteiger partial charge in [-0.05, 0) is 12.1 Å². The molecule has 16 heteroatoms. The van der Waals surface area contributed by atoms with E-state index in [1.54, 1.807) is 24.3 Å². The number of anilines is 1. The standard InChI is InChI=1S/C20H18ClF3N6O6/c1-27-16(32)14-15(30(19(27)34)36-13(31)10-35-17(33)20(22,23)24)26-18(28-8-6-25-7-9-28)29(14)12-5-3-2-4-11(12)21/h2-5,25H,6-10H2,1H3. The topological polar surface area (TPSA) is 130 Å². The molecule has 192 valence electrons. The summed E-state index contributed by atoms with van der Waals surface area (Å²) in [5.74, 6) is -3.90. The van der Waals surface area contributed by atoms with Gasteiger partial charge in [0, 0.05) is 33.2 Å². The molecular weight excluding hydrogens is 513 g/mol. The number of imidazole rings is 1. The Balaban J connectivity index is 1.87. The minimum absolute atomic E-state index is 0.182. The Morgan fingerprint density at radius 3 is 2.47 bits per heavy atom. The van der Waals surface area contributed by atoms with Gasteiger partial charge in [0.25, 0.3) is 5.56 Å². The van der Waals surface area contributed by atoms with E-state index in [2.05, 4.69) is 15.0 Å². The Morgan fingerprint density at radius 1 is 1.17 bits per heavy atom. The summed E-state index contributed by atoms with van der Waals surface area (Å²) >= 11 is 6.40. The Kier molecular flexibility index (Phi) is 6.77. The van der Waals surface area contributed by atoms with Gasteiger partial charge in [-0.1, -0.05) is 28.5 Å². The predicted octanol–water partition coefficient (Wildman–Crippen LogP) is 0.00960. The van der Waals surface area contributed by atoms with E-state index < -0.39 is 36.0 Å². The van der Waals surface area contributed by atoms with E-state index in [1.807, 2.05) is 4.90 Å². The van der Waals surface area contributed by atoms with E-state index in [0.717, 1.165) is 7.05 Å². The average molecular weight is 531 g/mol. The molecule has 0 amide bonds. The van der Waals surface area contributed by atoms with Crippen LogP contribution in [0.5, 0.6) is 0 Å². The smallest absolute Gasteiger partial charge is 0.447 e. The number of carbonyl (C=O) groups is 2. The third kappa shape index (κ3) is 4.66. The predicted molar refractivity (Wildman–Crippen MR) is 119 cm³/mol. The SMILES string of the molecule is Cn1c(=O)c2c(nc(N3CCNCC3)n2-c2ccccc2Cl)n(OC(=O)COC(=O)C(F)(F)F)c1=O. The number of rotatable bonds is 5. The first-order valence-corrected chi connectivity index (χ1v) is 10.8. The molecule has 0 unspecified atom stereocenters. The van der Waals surface area contributed by atoms with E-state index in [-0.39, 0.29) is 22.1 Å². The number of halogens is 4. The van der Waals surface area contributed by atoms with Crippen LogP contribution >= 0.6 is 11.6 Å². The molecule has 1 aliphatic heterocycles. The van der Waals surface area contributed by atoms with Gasteiger partial charge in [0.15, 0.2) is 12.1 Å². The molecule has 0 atom stereocenters. The molecule has 2 aromatic heterocycles. The zero-order valence-corrected chi connectivity index (χ0v) is 19.3. The molecule has 4 rings (SSSR count). The lowest BCUT2D eigenvalue weighted by Gasteiger charge is -2.28. The van der Waals surface area contributed by atoms with Crippen molar-refractivity contribution >= 4 is 40.7 Å². The summed E-state index contributed by atoms with van der Waals surface area (Å²) in [7, 11) is 1.12. The Bertz CT molecular complexity index is 1460. The summed E-state index contributed by atoms with van der Waals surface area (Å²) in [5.41, 5.74) is -2.15. The highest BCUT2D eigenvalue weighted by Crippen LogP contribution is 2.29. The van der Waals surface area contributed by atoms with Crippen LogP contribution in [0.4, 0.5) is 19.1 Å². The van der Waals surface area contributed by atoms with Crippen LogP contribution in [0.3, 0.4) is 0 Å². The molecule has 1 N–H and O–H groups in total. The number of para-hydroxylation sites is 1. The zero-order valence-electron chi connectivity index (χ0n) is 18.5. The van der Waals surface area contributed by atoms with Gasteiger partial charge < -0.3 is 19.8 Å². The van der Waals surface area contributed by atoms with Crippen molar-refractivity contribution < 1.29 is 32.3 Å². The summed E-state index contributed by atoms with van der Waals surface area (Å²) in [6.45, 7) is 0.703. The first kappa shape index (κ1) is 25.2. The molecular formula is C20H18ClF3N6O6. The summed E-state index contributed by atoms with van der Waals surface area (Å²) in [4.78, 5) is 60.2. The number of carbonyl (C=O) groups excluding carboxylic acids is 2. The maximum absolute atomic E-state index is 13.2. The molecule has 3 aromatic rings. The lowest BCUT2D eigenvalue weighted by Crippen LogP contribution is -2.44. The van der Waals surface area contributed by atoms with Gasteiger partial charge in [0.2, 0.25) is 11.6 Å². The fourth-order valence-electron chi connectivity index (χ4n) is 3.56. The Labute approximate surface area is 204 Å². The van der Waals surface area contributed by atoms with Gasteiger partial charge in [-0.2, -0.15) is 18.2 Å². The van der Waals surface area contributed by atoms with E-state index in [0.29, 0.717) is 41.2 Å². The van der Waals surface area contributed by atoms with Crippen LogP contribution in [-0.2, 0) is 21.4 Å². The number of hydrogen-bond donors (Lipinski definition) is 1. The van der Waals surface area contributed by atoms with E-state index in [4.69, 9.17) is 16.4 Å². The fraction of sp³-hybridized carbons (Fsp3) is 0.350. The van der Waals surface area contributed by atoms with Crippen LogP contribution < -0.4 is 26.3 Å². The second-order valence-corrected chi connectivity index (χ2v) is 7.99. The molecule has 0 bridgehead atoms. The van der Waals surface area contributed by atoms with Crippen LogP contribution in [0, 0.1) is 0 Å². The molecule has 0 saturated carbocycles. The second-order valence-electron chi connectivity index (χ2n) is 7.59. The van der Waals surface area contributed by atoms with Crippen molar-refractivity contribution in [2.45, 2.75) is 6.18 Å². The number of aromatic nitrogens is 4. The van der Waals surface area contributed by atoms with E-state index in [1.165, 1.54) is 4.57 Å².